The van der Waals surface area contributed by atoms with Gasteiger partial charge in [0.05, 0.1) is 11.4 Å². The molecule has 2 aliphatic carbocycles. The van der Waals surface area contributed by atoms with Crippen LogP contribution in [0.15, 0.2) is 30.3 Å². The minimum atomic E-state index is -0.166. The predicted molar refractivity (Wildman–Crippen MR) is 103 cm³/mol. The van der Waals surface area contributed by atoms with E-state index in [1.54, 1.807) is 0 Å². The summed E-state index contributed by atoms with van der Waals surface area (Å²) in [7, 11) is 0. The maximum absolute atomic E-state index is 12.1. The van der Waals surface area contributed by atoms with Crippen LogP contribution >= 0.6 is 11.6 Å². The maximum atomic E-state index is 12.1. The third-order valence-corrected chi connectivity index (χ3v) is 5.56. The van der Waals surface area contributed by atoms with Crippen LogP contribution in [0.1, 0.15) is 37.3 Å². The maximum Gasteiger partial charge on any atom is 0.224 e. The van der Waals surface area contributed by atoms with E-state index in [1.807, 2.05) is 30.5 Å². The van der Waals surface area contributed by atoms with E-state index in [2.05, 4.69) is 22.8 Å². The lowest BCUT2D eigenvalue weighted by Crippen LogP contribution is -2.49. The number of pyridine rings is 1. The molecule has 0 bridgehead atoms. The van der Waals surface area contributed by atoms with Crippen molar-refractivity contribution in [3.8, 4) is 11.3 Å². The van der Waals surface area contributed by atoms with E-state index >= 15 is 0 Å². The number of nitrogens with zero attached hydrogens (tertiary/aromatic N) is 1. The van der Waals surface area contributed by atoms with Crippen LogP contribution in [0.2, 0.25) is 5.02 Å². The third-order valence-electron chi connectivity index (χ3n) is 5.23. The lowest BCUT2D eigenvalue weighted by atomic mass is 10.0. The first-order chi connectivity index (χ1) is 12.7. The second-order valence-electron chi connectivity index (χ2n) is 7.39. The number of fused-ring (bicyclic) bond motifs is 1. The zero-order chi connectivity index (χ0) is 17.7. The molecular weight excluding hydrogens is 346 g/mol. The van der Waals surface area contributed by atoms with Gasteiger partial charge in [0, 0.05) is 39.1 Å². The summed E-state index contributed by atoms with van der Waals surface area (Å²) >= 11 is 6.38. The Morgan fingerprint density at radius 2 is 2.00 bits per heavy atom. The number of hydrogen-bond acceptors (Lipinski definition) is 3. The van der Waals surface area contributed by atoms with Crippen LogP contribution in [-0.4, -0.2) is 17.1 Å². The van der Waals surface area contributed by atoms with Crippen molar-refractivity contribution in [2.45, 2.75) is 37.8 Å². The summed E-state index contributed by atoms with van der Waals surface area (Å²) in [4.78, 5) is 17.0. The molecule has 132 valence electrons. The Kier molecular flexibility index (Phi) is 3.75. The number of amides is 1. The highest BCUT2D eigenvalue weighted by atomic mass is 35.5. The van der Waals surface area contributed by atoms with E-state index in [0.717, 1.165) is 40.2 Å². The zero-order valence-corrected chi connectivity index (χ0v) is 15.1. The van der Waals surface area contributed by atoms with Crippen LogP contribution < -0.4 is 21.1 Å². The van der Waals surface area contributed by atoms with Gasteiger partial charge in [0.25, 0.3) is 0 Å². The first-order valence-electron chi connectivity index (χ1n) is 9.23. The van der Waals surface area contributed by atoms with E-state index in [-0.39, 0.29) is 18.0 Å². The molecule has 2 N–H and O–H groups in total. The highest BCUT2D eigenvalue weighted by Gasteiger charge is 2.31. The number of hydrogen-bond donors (Lipinski definition) is 2. The Balaban J connectivity index is 1.57. The standard InChI is InChI=1S/C21H20ClN3O/c22-17-4-2-1-3-15(17)18-9-14-11-23-19(25-21(26)13-7-8-13)10-16(14)20(24-18)12-5-6-12/h1-4,9-13,19,23H,5-8H2,(H,25,26). The Morgan fingerprint density at radius 3 is 2.73 bits per heavy atom. The monoisotopic (exact) mass is 365 g/mol. The van der Waals surface area contributed by atoms with E-state index in [9.17, 15) is 4.79 Å². The molecular formula is C21H20ClN3O. The first kappa shape index (κ1) is 15.9. The second kappa shape index (κ2) is 6.13. The van der Waals surface area contributed by atoms with Gasteiger partial charge in [-0.25, -0.2) is 0 Å². The highest BCUT2D eigenvalue weighted by Crippen LogP contribution is 2.38. The molecule has 0 spiro atoms. The molecule has 1 aliphatic heterocycles. The largest absolute Gasteiger partial charge is 0.368 e. The topological polar surface area (TPSA) is 54.0 Å². The van der Waals surface area contributed by atoms with Gasteiger partial charge in [-0.15, -0.1) is 0 Å². The van der Waals surface area contributed by atoms with Gasteiger partial charge >= 0.3 is 0 Å². The molecule has 2 saturated carbocycles. The highest BCUT2D eigenvalue weighted by molar-refractivity contribution is 6.33. The number of aromatic nitrogens is 1. The SMILES string of the molecule is O=C(NC1C=c2c(C3CC3)nc(-c3ccccc3Cl)cc2=CN1)C1CC1. The van der Waals surface area contributed by atoms with Gasteiger partial charge in [-0.3, -0.25) is 9.78 Å². The predicted octanol–water partition coefficient (Wildman–Crippen LogP) is 2.25. The molecule has 1 unspecified atom stereocenters. The number of halogens is 1. The van der Waals surface area contributed by atoms with Crippen molar-refractivity contribution in [2.24, 2.45) is 5.92 Å². The smallest absolute Gasteiger partial charge is 0.224 e. The van der Waals surface area contributed by atoms with E-state index in [1.165, 1.54) is 12.8 Å². The summed E-state index contributed by atoms with van der Waals surface area (Å²) in [5.74, 6) is 0.855. The molecule has 1 amide bonds. The number of carbonyl (C=O) groups is 1. The fourth-order valence-electron chi connectivity index (χ4n) is 3.47. The van der Waals surface area contributed by atoms with Crippen molar-refractivity contribution in [3.05, 3.63) is 51.5 Å². The Bertz CT molecular complexity index is 1010. The lowest BCUT2D eigenvalue weighted by molar-refractivity contribution is -0.122. The number of rotatable bonds is 4. The molecule has 5 heteroatoms. The molecule has 1 aromatic heterocycles. The van der Waals surface area contributed by atoms with Gasteiger partial charge in [0.1, 0.15) is 6.17 Å². The lowest BCUT2D eigenvalue weighted by Gasteiger charge is -2.20. The number of carbonyl (C=O) groups excluding carboxylic acids is 1. The Hall–Kier alpha value is -2.33. The van der Waals surface area contributed by atoms with Crippen molar-refractivity contribution in [3.63, 3.8) is 0 Å². The average Bonchev–Trinajstić information content (AvgIpc) is 3.54. The minimum Gasteiger partial charge on any atom is -0.368 e. The quantitative estimate of drug-likeness (QED) is 0.873. The zero-order valence-electron chi connectivity index (χ0n) is 14.3. The van der Waals surface area contributed by atoms with E-state index in [0.29, 0.717) is 10.9 Å². The molecule has 3 aliphatic rings. The molecule has 4 nitrogen and oxygen atoms in total. The van der Waals surface area contributed by atoms with Crippen LogP contribution in [0.5, 0.6) is 0 Å². The second-order valence-corrected chi connectivity index (χ2v) is 7.80. The summed E-state index contributed by atoms with van der Waals surface area (Å²) in [5.41, 5.74) is 2.99. The van der Waals surface area contributed by atoms with Gasteiger partial charge in [0.2, 0.25) is 5.91 Å². The van der Waals surface area contributed by atoms with Gasteiger partial charge in [-0.1, -0.05) is 29.8 Å². The van der Waals surface area contributed by atoms with Crippen molar-refractivity contribution >= 4 is 29.8 Å². The van der Waals surface area contributed by atoms with Crippen molar-refractivity contribution < 1.29 is 4.79 Å². The molecule has 2 fully saturated rings. The summed E-state index contributed by atoms with van der Waals surface area (Å²) < 4.78 is 0. The number of benzene rings is 1. The van der Waals surface area contributed by atoms with E-state index < -0.39 is 0 Å². The molecule has 1 atom stereocenters. The fourth-order valence-corrected chi connectivity index (χ4v) is 3.70. The summed E-state index contributed by atoms with van der Waals surface area (Å²) in [6.45, 7) is 0. The molecule has 5 rings (SSSR count). The van der Waals surface area contributed by atoms with Crippen molar-refractivity contribution in [2.75, 3.05) is 0 Å². The normalized spacial score (nSPS) is 21.0. The Morgan fingerprint density at radius 1 is 1.19 bits per heavy atom. The molecule has 2 heterocycles. The summed E-state index contributed by atoms with van der Waals surface area (Å²) in [6, 6.07) is 9.89. The summed E-state index contributed by atoms with van der Waals surface area (Å²) in [6.07, 6.45) is 8.29. The fraction of sp³-hybridized carbons (Fsp3) is 0.333. The molecule has 0 radical (unpaired) electrons. The van der Waals surface area contributed by atoms with Gasteiger partial charge < -0.3 is 10.6 Å². The third kappa shape index (κ3) is 2.99. The number of nitrogens with one attached hydrogen (secondary N) is 2. The molecule has 2 aromatic rings. The van der Waals surface area contributed by atoms with Crippen molar-refractivity contribution in [1.82, 2.24) is 15.6 Å². The minimum absolute atomic E-state index is 0.143. The van der Waals surface area contributed by atoms with Crippen LogP contribution in [0, 0.1) is 5.92 Å². The van der Waals surface area contributed by atoms with Crippen molar-refractivity contribution in [1.29, 1.82) is 0 Å². The van der Waals surface area contributed by atoms with Gasteiger partial charge in [-0.2, -0.15) is 0 Å². The van der Waals surface area contributed by atoms with Crippen LogP contribution in [0.3, 0.4) is 0 Å². The molecule has 0 saturated heterocycles. The van der Waals surface area contributed by atoms with Crippen LogP contribution in [0.25, 0.3) is 23.5 Å². The first-order valence-corrected chi connectivity index (χ1v) is 9.61. The van der Waals surface area contributed by atoms with Gasteiger partial charge in [-0.05, 0) is 43.9 Å². The average molecular weight is 366 g/mol. The van der Waals surface area contributed by atoms with Crippen LogP contribution in [0.4, 0.5) is 0 Å². The molecule has 26 heavy (non-hydrogen) atoms. The molecule has 1 aromatic carbocycles. The van der Waals surface area contributed by atoms with Gasteiger partial charge in [0.15, 0.2) is 0 Å². The summed E-state index contributed by atoms with van der Waals surface area (Å²) in [5, 5.41) is 9.33. The van der Waals surface area contributed by atoms with Crippen LogP contribution in [-0.2, 0) is 4.79 Å². The Labute approximate surface area is 157 Å². The van der Waals surface area contributed by atoms with E-state index in [4.69, 9.17) is 16.6 Å².